The van der Waals surface area contributed by atoms with Gasteiger partial charge in [0.05, 0.1) is 0 Å². The summed E-state index contributed by atoms with van der Waals surface area (Å²) in [5.41, 5.74) is 3.30. The Morgan fingerprint density at radius 1 is 0.547 bits per heavy atom. The highest BCUT2D eigenvalue weighted by atomic mass is 32.2. The van der Waals surface area contributed by atoms with E-state index in [1.165, 1.54) is 49.9 Å². The van der Waals surface area contributed by atoms with Crippen molar-refractivity contribution in [2.24, 2.45) is 9.98 Å². The molecule has 6 heterocycles. The molecule has 6 N–H and O–H groups in total. The Hall–Kier alpha value is -8.60. The number of carbonyl (C=O) groups is 6. The van der Waals surface area contributed by atoms with Crippen molar-refractivity contribution < 1.29 is 96.7 Å². The first-order valence-electron chi connectivity index (χ1n) is 29.8. The molecule has 4 aromatic carbocycles. The molecule has 33 heteroatoms. The first kappa shape index (κ1) is 72.2. The lowest BCUT2D eigenvalue weighted by molar-refractivity contribution is -0.275. The fraction of sp³-hybridized carbons (Fsp3) is 0.419. The molecule has 0 bridgehead atoms. The summed E-state index contributed by atoms with van der Waals surface area (Å²) in [4.78, 5) is 86.7. The molecular weight excluding hydrogens is 1300 g/mol. The molecule has 4 saturated heterocycles. The van der Waals surface area contributed by atoms with Crippen LogP contribution in [0.25, 0.3) is 12.2 Å². The van der Waals surface area contributed by atoms with Gasteiger partial charge in [0, 0.05) is 112 Å². The monoisotopic (exact) mass is 1370 g/mol. The van der Waals surface area contributed by atoms with Crippen LogP contribution in [-0.2, 0) is 39.2 Å². The van der Waals surface area contributed by atoms with Gasteiger partial charge in [-0.25, -0.2) is 21.6 Å². The topological polar surface area (TPSA) is 327 Å². The number of piperazine rings is 2. The van der Waals surface area contributed by atoms with Crippen molar-refractivity contribution in [3.63, 3.8) is 0 Å². The molecule has 25 nitrogen and oxygen atoms in total. The molecular formula is C62H70F6N10O15S2. The second-order valence-corrected chi connectivity index (χ2v) is 26.6. The maximum absolute atomic E-state index is 13.3. The Morgan fingerprint density at radius 2 is 0.895 bits per heavy atom. The highest BCUT2D eigenvalue weighted by molar-refractivity contribution is 7.92. The third-order valence-electron chi connectivity index (χ3n) is 16.6. The lowest BCUT2D eigenvalue weighted by Gasteiger charge is -2.34. The normalized spacial score (nSPS) is 18.5. The van der Waals surface area contributed by atoms with Crippen molar-refractivity contribution in [1.82, 2.24) is 39.3 Å². The predicted molar refractivity (Wildman–Crippen MR) is 333 cm³/mol. The maximum atomic E-state index is 13.3. The number of benzene rings is 4. The largest absolute Gasteiger partial charge is 0.573 e. The standard InChI is InChI=1S/C31H34F3N5O7S.C29H32F3N5O5S.C2H4O3/c1-20-16-23(28(42)38-13-11-37(12-14-38)26(41)19-40)17-21(2)25(20)6-15-47(44,45)39-9-7-30(8-10-39)29(43)35-27(36-30)22-4-3-5-24(18-22)46-31(32,33)34;1-19-16-22(26(38)36-13-9-33-10-14-36)17-20(2)24(19)6-15-43(40,41)37-11-7-28(8-12-37)27(39)34-25(35-28)21-4-3-5-23(18-21)42-29(30,31)32;3-1-2(4)5/h3-6,15-18,40H,7-14,19H2,1-2H3,(H,35,36,43);3-6,15-18,33H,7-14H2,1-2H3,(H,34,35,39);3H,1H2,(H,4,5)/b2*15-6+;. The predicted octanol–water partition coefficient (Wildman–Crippen LogP) is 4.21. The first-order valence-corrected chi connectivity index (χ1v) is 32.8. The third-order valence-corrected chi connectivity index (χ3v) is 19.7. The fourth-order valence-electron chi connectivity index (χ4n) is 11.6. The average Bonchev–Trinajstić information content (AvgIpc) is 1.67. The summed E-state index contributed by atoms with van der Waals surface area (Å²) in [5.74, 6) is -3.42. The summed E-state index contributed by atoms with van der Waals surface area (Å²) in [7, 11) is -7.74. The van der Waals surface area contributed by atoms with Crippen LogP contribution in [0.4, 0.5) is 26.3 Å². The van der Waals surface area contributed by atoms with Gasteiger partial charge in [0.15, 0.2) is 0 Å². The molecule has 512 valence electrons. The summed E-state index contributed by atoms with van der Waals surface area (Å²) in [6.07, 6.45) is -6.38. The number of alkyl halides is 6. The molecule has 4 fully saturated rings. The molecule has 95 heavy (non-hydrogen) atoms. The number of piperidine rings is 2. The number of halogens is 6. The van der Waals surface area contributed by atoms with Crippen molar-refractivity contribution in [3.8, 4) is 11.5 Å². The first-order chi connectivity index (χ1) is 44.6. The molecule has 0 unspecified atom stereocenters. The van der Waals surface area contributed by atoms with E-state index in [1.54, 1.807) is 47.9 Å². The zero-order chi connectivity index (χ0) is 69.4. The number of ether oxygens (including phenoxy) is 2. The Balaban J connectivity index is 0.000000228. The SMILES string of the molecule is Cc1cc(C(=O)N2CCN(C(=O)CO)CC2)cc(C)c1/C=C/S(=O)(=O)N1CCC2(CC1)N=C(c1cccc(OC(F)(F)F)c1)NC2=O.Cc1cc(C(=O)N2CCNCC2)cc(C)c1/C=C/S(=O)(=O)N1CCC2(CC1)N=C(c1cccc(OC(F)(F)F)c1)NC2=O.O=C(O)CO. The maximum Gasteiger partial charge on any atom is 0.573 e. The van der Waals surface area contributed by atoms with E-state index in [0.717, 1.165) is 59.3 Å². The third kappa shape index (κ3) is 18.1. The lowest BCUT2D eigenvalue weighted by atomic mass is 9.89. The number of aliphatic carboxylic acids is 1. The molecule has 0 aliphatic carbocycles. The number of carboxylic acid groups (broad SMARTS) is 1. The molecule has 0 atom stereocenters. The summed E-state index contributed by atoms with van der Waals surface area (Å²) >= 11 is 0. The number of rotatable bonds is 14. The Bertz CT molecular complexity index is 3920. The number of aliphatic hydroxyl groups excluding tert-OH is 2. The molecule has 2 spiro atoms. The zero-order valence-corrected chi connectivity index (χ0v) is 53.6. The van der Waals surface area contributed by atoms with E-state index in [4.69, 9.17) is 20.1 Å². The van der Waals surface area contributed by atoms with E-state index in [9.17, 15) is 67.2 Å². The van der Waals surface area contributed by atoms with Crippen molar-refractivity contribution >= 4 is 79.4 Å². The van der Waals surface area contributed by atoms with Crippen LogP contribution < -0.4 is 25.4 Å². The van der Waals surface area contributed by atoms with Gasteiger partial charge in [-0.2, -0.15) is 8.61 Å². The van der Waals surface area contributed by atoms with Gasteiger partial charge >= 0.3 is 18.7 Å². The van der Waals surface area contributed by atoms with Crippen LogP contribution in [0.3, 0.4) is 0 Å². The molecule has 6 aliphatic rings. The summed E-state index contributed by atoms with van der Waals surface area (Å²) in [6.45, 7) is 9.98. The molecule has 0 aromatic heterocycles. The molecule has 0 saturated carbocycles. The van der Waals surface area contributed by atoms with Crippen LogP contribution >= 0.6 is 0 Å². The molecule has 10 rings (SSSR count). The smallest absolute Gasteiger partial charge is 0.480 e. The van der Waals surface area contributed by atoms with Gasteiger partial charge < -0.3 is 55.4 Å². The van der Waals surface area contributed by atoms with Crippen molar-refractivity contribution in [3.05, 3.63) is 139 Å². The number of hydrogen-bond donors (Lipinski definition) is 6. The summed E-state index contributed by atoms with van der Waals surface area (Å²) in [5, 5.41) is 34.8. The van der Waals surface area contributed by atoms with Gasteiger partial charge in [-0.15, -0.1) is 26.3 Å². The van der Waals surface area contributed by atoms with Crippen molar-refractivity contribution in [2.45, 2.75) is 77.2 Å². The number of aliphatic imine (C=N–C) groups is 2. The number of amidine groups is 2. The minimum Gasteiger partial charge on any atom is -0.480 e. The quantitative estimate of drug-likeness (QED) is 0.0963. The van der Waals surface area contributed by atoms with Crippen LogP contribution in [0.15, 0.2) is 93.6 Å². The number of nitrogens with zero attached hydrogens (tertiary/aromatic N) is 7. The Kier molecular flexibility index (Phi) is 22.5. The van der Waals surface area contributed by atoms with E-state index in [-0.39, 0.29) is 92.4 Å². The van der Waals surface area contributed by atoms with Gasteiger partial charge in [-0.3, -0.25) is 34.0 Å². The molecule has 6 aliphatic heterocycles. The fourth-order valence-corrected chi connectivity index (χ4v) is 13.9. The zero-order valence-electron chi connectivity index (χ0n) is 51.9. The van der Waals surface area contributed by atoms with E-state index in [1.807, 2.05) is 13.8 Å². The minimum atomic E-state index is -4.88. The van der Waals surface area contributed by atoms with Crippen molar-refractivity contribution in [1.29, 1.82) is 0 Å². The number of nitrogens with one attached hydrogen (secondary N) is 3. The van der Waals surface area contributed by atoms with Crippen LogP contribution in [0.1, 0.15) is 90.9 Å². The van der Waals surface area contributed by atoms with E-state index < -0.39 is 86.3 Å². The van der Waals surface area contributed by atoms with Gasteiger partial charge in [0.1, 0.15) is 47.5 Å². The second-order valence-electron chi connectivity index (χ2n) is 23.0. The van der Waals surface area contributed by atoms with Crippen LogP contribution in [-0.4, -0.2) is 218 Å². The highest BCUT2D eigenvalue weighted by Gasteiger charge is 2.49. The number of hydrogen-bond acceptors (Lipinski definition) is 17. The number of aryl methyl sites for hydroxylation is 4. The van der Waals surface area contributed by atoms with E-state index in [0.29, 0.717) is 72.6 Å². The van der Waals surface area contributed by atoms with Gasteiger partial charge in [-0.1, -0.05) is 24.3 Å². The van der Waals surface area contributed by atoms with Gasteiger partial charge in [-0.05, 0) is 147 Å². The minimum absolute atomic E-state index is 0.00331. The summed E-state index contributed by atoms with van der Waals surface area (Å²) in [6, 6.07) is 17.1. The number of sulfonamides is 2. The molecule has 0 radical (unpaired) electrons. The van der Waals surface area contributed by atoms with Crippen LogP contribution in [0.5, 0.6) is 11.5 Å². The van der Waals surface area contributed by atoms with E-state index >= 15 is 0 Å². The van der Waals surface area contributed by atoms with Crippen molar-refractivity contribution in [2.75, 3.05) is 91.8 Å². The van der Waals surface area contributed by atoms with Crippen LogP contribution in [0, 0.1) is 27.7 Å². The molecule has 5 amide bonds. The number of aliphatic hydroxyl groups is 2. The molecule has 4 aromatic rings. The average molecular weight is 1370 g/mol. The Labute approximate surface area is 542 Å². The number of amides is 5. The number of carboxylic acids is 1. The van der Waals surface area contributed by atoms with Crippen LogP contribution in [0.2, 0.25) is 0 Å². The number of carbonyl (C=O) groups excluding carboxylic acids is 5. The summed E-state index contributed by atoms with van der Waals surface area (Å²) < 4.78 is 139. The lowest BCUT2D eigenvalue weighted by Crippen LogP contribution is -2.51. The van der Waals surface area contributed by atoms with Gasteiger partial charge in [0.2, 0.25) is 26.0 Å². The highest BCUT2D eigenvalue weighted by Crippen LogP contribution is 2.36. The second kappa shape index (κ2) is 29.6. The van der Waals surface area contributed by atoms with E-state index in [2.05, 4.69) is 35.4 Å². The van der Waals surface area contributed by atoms with Gasteiger partial charge in [0.25, 0.3) is 23.6 Å². The Morgan fingerprint density at radius 3 is 1.23 bits per heavy atom.